The second kappa shape index (κ2) is 5.18. The Hall–Kier alpha value is -1.62. The van der Waals surface area contributed by atoms with Crippen LogP contribution in [0.1, 0.15) is 0 Å². The van der Waals surface area contributed by atoms with E-state index in [1.807, 2.05) is 0 Å². The lowest BCUT2D eigenvalue weighted by Gasteiger charge is -2.07. The van der Waals surface area contributed by atoms with Gasteiger partial charge in [0.15, 0.2) is 11.6 Å². The third-order valence-electron chi connectivity index (χ3n) is 1.52. The Labute approximate surface area is 82.0 Å². The van der Waals surface area contributed by atoms with E-state index in [0.29, 0.717) is 11.6 Å². The van der Waals surface area contributed by atoms with Gasteiger partial charge in [-0.05, 0) is 12.1 Å². The highest BCUT2D eigenvalue weighted by molar-refractivity contribution is 5.91. The Morgan fingerprint density at radius 2 is 2.36 bits per heavy atom. The number of rotatable bonds is 4. The van der Waals surface area contributed by atoms with Crippen molar-refractivity contribution in [2.24, 2.45) is 0 Å². The average Bonchev–Trinajstić information content (AvgIpc) is 2.19. The van der Waals surface area contributed by atoms with Crippen molar-refractivity contribution in [3.05, 3.63) is 18.3 Å². The summed E-state index contributed by atoms with van der Waals surface area (Å²) in [5.74, 6) is 0.665. The van der Waals surface area contributed by atoms with Crippen molar-refractivity contribution in [1.82, 2.24) is 4.98 Å². The predicted octanol–water partition coefficient (Wildman–Crippen LogP) is 0.675. The molecule has 0 saturated heterocycles. The summed E-state index contributed by atoms with van der Waals surface area (Å²) in [7, 11) is 2.97. The molecule has 0 atom stereocenters. The summed E-state index contributed by atoms with van der Waals surface area (Å²) in [6.07, 6.45) is 1.57. The monoisotopic (exact) mass is 196 g/mol. The third kappa shape index (κ3) is 2.70. The molecule has 76 valence electrons. The molecular weight excluding hydrogens is 184 g/mol. The number of amides is 1. The number of ether oxygens (including phenoxy) is 2. The molecule has 1 aromatic heterocycles. The molecule has 1 aromatic rings. The largest absolute Gasteiger partial charge is 0.493 e. The van der Waals surface area contributed by atoms with Gasteiger partial charge in [-0.25, -0.2) is 4.98 Å². The maximum Gasteiger partial charge on any atom is 0.251 e. The second-order valence-corrected chi connectivity index (χ2v) is 2.54. The number of hydrogen-bond acceptors (Lipinski definition) is 4. The van der Waals surface area contributed by atoms with Crippen LogP contribution in [-0.4, -0.2) is 31.7 Å². The zero-order chi connectivity index (χ0) is 10.4. The molecule has 0 spiro atoms. The number of hydrogen-bond donors (Lipinski definition) is 1. The lowest BCUT2D eigenvalue weighted by atomic mass is 10.4. The Bertz CT molecular complexity index is 315. The van der Waals surface area contributed by atoms with E-state index in [4.69, 9.17) is 4.74 Å². The third-order valence-corrected chi connectivity index (χ3v) is 1.52. The molecule has 1 rings (SSSR count). The fraction of sp³-hybridized carbons (Fsp3) is 0.333. The van der Waals surface area contributed by atoms with Crippen LogP contribution in [0.2, 0.25) is 0 Å². The van der Waals surface area contributed by atoms with Gasteiger partial charge in [-0.15, -0.1) is 0 Å². The van der Waals surface area contributed by atoms with Crippen molar-refractivity contribution in [1.29, 1.82) is 0 Å². The highest BCUT2D eigenvalue weighted by atomic mass is 16.5. The van der Waals surface area contributed by atoms with Crippen molar-refractivity contribution in [2.45, 2.75) is 0 Å². The van der Waals surface area contributed by atoms with E-state index in [2.05, 4.69) is 15.0 Å². The normalized spacial score (nSPS) is 9.57. The first-order chi connectivity index (χ1) is 6.77. The minimum Gasteiger partial charge on any atom is -0.493 e. The van der Waals surface area contributed by atoms with E-state index in [1.54, 1.807) is 18.3 Å². The molecule has 1 heterocycles. The standard InChI is InChI=1S/C9H12N2O3/c1-13-6-8(12)11-9-7(14-2)4-3-5-10-9/h3-5H,6H2,1-2H3,(H,10,11,12). The van der Waals surface area contributed by atoms with Crippen LogP contribution in [0.15, 0.2) is 18.3 Å². The summed E-state index contributed by atoms with van der Waals surface area (Å²) in [6, 6.07) is 3.44. The summed E-state index contributed by atoms with van der Waals surface area (Å²) in [5.41, 5.74) is 0. The molecule has 0 saturated carbocycles. The van der Waals surface area contributed by atoms with Crippen molar-refractivity contribution in [2.75, 3.05) is 26.1 Å². The van der Waals surface area contributed by atoms with Gasteiger partial charge in [0.1, 0.15) is 6.61 Å². The minimum atomic E-state index is -0.260. The van der Waals surface area contributed by atoms with E-state index in [1.165, 1.54) is 14.2 Å². The Kier molecular flexibility index (Phi) is 3.87. The number of nitrogens with one attached hydrogen (secondary N) is 1. The van der Waals surface area contributed by atoms with Gasteiger partial charge in [0.25, 0.3) is 5.91 Å². The molecule has 0 radical (unpaired) electrons. The van der Waals surface area contributed by atoms with Crippen LogP contribution in [0.25, 0.3) is 0 Å². The van der Waals surface area contributed by atoms with E-state index in [9.17, 15) is 4.79 Å². The van der Waals surface area contributed by atoms with Gasteiger partial charge in [-0.3, -0.25) is 4.79 Å². The highest BCUT2D eigenvalue weighted by Crippen LogP contribution is 2.19. The molecule has 1 amide bonds. The molecule has 5 heteroatoms. The predicted molar refractivity (Wildman–Crippen MR) is 51.3 cm³/mol. The fourth-order valence-corrected chi connectivity index (χ4v) is 0.948. The van der Waals surface area contributed by atoms with Crippen molar-refractivity contribution >= 4 is 11.7 Å². The van der Waals surface area contributed by atoms with Crippen LogP contribution < -0.4 is 10.1 Å². The lowest BCUT2D eigenvalue weighted by Crippen LogP contribution is -2.18. The quantitative estimate of drug-likeness (QED) is 0.769. The van der Waals surface area contributed by atoms with E-state index in [0.717, 1.165) is 0 Å². The molecule has 0 unspecified atom stereocenters. The number of methoxy groups -OCH3 is 2. The first kappa shape index (κ1) is 10.5. The number of pyridine rings is 1. The van der Waals surface area contributed by atoms with Crippen molar-refractivity contribution in [3.63, 3.8) is 0 Å². The van der Waals surface area contributed by atoms with E-state index < -0.39 is 0 Å². The van der Waals surface area contributed by atoms with E-state index >= 15 is 0 Å². The van der Waals surface area contributed by atoms with Gasteiger partial charge in [0, 0.05) is 13.3 Å². The molecule has 1 N–H and O–H groups in total. The van der Waals surface area contributed by atoms with Crippen LogP contribution in [0.3, 0.4) is 0 Å². The van der Waals surface area contributed by atoms with Gasteiger partial charge < -0.3 is 14.8 Å². The van der Waals surface area contributed by atoms with Gasteiger partial charge in [0.2, 0.25) is 0 Å². The topological polar surface area (TPSA) is 60.5 Å². The molecule has 0 aromatic carbocycles. The summed E-state index contributed by atoms with van der Waals surface area (Å²) >= 11 is 0. The van der Waals surface area contributed by atoms with E-state index in [-0.39, 0.29) is 12.5 Å². The van der Waals surface area contributed by atoms with Crippen LogP contribution in [-0.2, 0) is 9.53 Å². The Morgan fingerprint density at radius 1 is 1.57 bits per heavy atom. The SMILES string of the molecule is COCC(=O)Nc1ncccc1OC. The molecule has 5 nitrogen and oxygen atoms in total. The number of carbonyl (C=O) groups is 1. The molecule has 0 fully saturated rings. The van der Waals surface area contributed by atoms with Crippen LogP contribution in [0.5, 0.6) is 5.75 Å². The maximum absolute atomic E-state index is 11.1. The summed E-state index contributed by atoms with van der Waals surface area (Å²) in [6.45, 7) is -0.000269. The Balaban J connectivity index is 2.70. The number of nitrogens with zero attached hydrogens (tertiary/aromatic N) is 1. The second-order valence-electron chi connectivity index (χ2n) is 2.54. The zero-order valence-corrected chi connectivity index (χ0v) is 8.11. The lowest BCUT2D eigenvalue weighted by molar-refractivity contribution is -0.119. The molecule has 0 aliphatic carbocycles. The molecule has 14 heavy (non-hydrogen) atoms. The van der Waals surface area contributed by atoms with Gasteiger partial charge in [0.05, 0.1) is 7.11 Å². The van der Waals surface area contributed by atoms with Crippen LogP contribution >= 0.6 is 0 Å². The Morgan fingerprint density at radius 3 is 3.00 bits per heavy atom. The summed E-state index contributed by atoms with van der Waals surface area (Å²) < 4.78 is 9.68. The molecule has 0 bridgehead atoms. The number of aromatic nitrogens is 1. The van der Waals surface area contributed by atoms with Crippen molar-refractivity contribution in [3.8, 4) is 5.75 Å². The summed E-state index contributed by atoms with van der Waals surface area (Å²) in [4.78, 5) is 15.1. The highest BCUT2D eigenvalue weighted by Gasteiger charge is 2.06. The molecule has 0 aliphatic heterocycles. The summed E-state index contributed by atoms with van der Waals surface area (Å²) in [5, 5.41) is 2.56. The van der Waals surface area contributed by atoms with Gasteiger partial charge in [-0.2, -0.15) is 0 Å². The molecular formula is C9H12N2O3. The zero-order valence-electron chi connectivity index (χ0n) is 8.11. The first-order valence-electron chi connectivity index (χ1n) is 4.05. The maximum atomic E-state index is 11.1. The first-order valence-corrected chi connectivity index (χ1v) is 4.05. The smallest absolute Gasteiger partial charge is 0.251 e. The fourth-order valence-electron chi connectivity index (χ4n) is 0.948. The van der Waals surface area contributed by atoms with Gasteiger partial charge in [-0.1, -0.05) is 0 Å². The molecule has 0 aliphatic rings. The van der Waals surface area contributed by atoms with Crippen LogP contribution in [0, 0.1) is 0 Å². The minimum absolute atomic E-state index is 0.000269. The van der Waals surface area contributed by atoms with Crippen LogP contribution in [0.4, 0.5) is 5.82 Å². The average molecular weight is 196 g/mol. The number of anilines is 1. The van der Waals surface area contributed by atoms with Gasteiger partial charge >= 0.3 is 0 Å². The number of carbonyl (C=O) groups excluding carboxylic acids is 1. The van der Waals surface area contributed by atoms with Crippen molar-refractivity contribution < 1.29 is 14.3 Å².